The highest BCUT2D eigenvalue weighted by atomic mass is 35.5. The van der Waals surface area contributed by atoms with E-state index in [0.717, 1.165) is 54.7 Å². The molecular formula is C14H23Cl2N3. The molecule has 1 fully saturated rings. The Morgan fingerprint density at radius 1 is 1.32 bits per heavy atom. The Morgan fingerprint density at radius 2 is 2.00 bits per heavy atom. The molecule has 0 saturated heterocycles. The van der Waals surface area contributed by atoms with E-state index in [9.17, 15) is 0 Å². The van der Waals surface area contributed by atoms with Gasteiger partial charge in [0.15, 0.2) is 0 Å². The van der Waals surface area contributed by atoms with Crippen LogP contribution in [0.1, 0.15) is 44.0 Å². The maximum absolute atomic E-state index is 6.33. The largest absolute Gasteiger partial charge is 0.311 e. The molecule has 19 heavy (non-hydrogen) atoms. The van der Waals surface area contributed by atoms with Gasteiger partial charge < -0.3 is 5.32 Å². The zero-order valence-electron chi connectivity index (χ0n) is 11.8. The number of aryl methyl sites for hydroxylation is 2. The van der Waals surface area contributed by atoms with Gasteiger partial charge in [-0.1, -0.05) is 18.5 Å². The van der Waals surface area contributed by atoms with Crippen molar-refractivity contribution < 1.29 is 0 Å². The van der Waals surface area contributed by atoms with Gasteiger partial charge in [-0.15, -0.1) is 11.6 Å². The standard InChI is InChI=1S/C14H23Cl2N3/c1-3-12-14(16)13(19(2)18-12)9-17-8-10-4-6-11(15)7-5-10/h10-11,17H,3-9H2,1-2H3. The first-order valence-corrected chi connectivity index (χ1v) is 7.98. The molecule has 0 bridgehead atoms. The summed E-state index contributed by atoms with van der Waals surface area (Å²) in [5, 5.41) is 9.17. The molecule has 3 nitrogen and oxygen atoms in total. The lowest BCUT2D eigenvalue weighted by Gasteiger charge is -2.25. The second-order valence-corrected chi connectivity index (χ2v) is 6.43. The maximum atomic E-state index is 6.33. The van der Waals surface area contributed by atoms with E-state index >= 15 is 0 Å². The van der Waals surface area contributed by atoms with Crippen molar-refractivity contribution in [1.82, 2.24) is 15.1 Å². The third-order valence-corrected chi connectivity index (χ3v) is 4.88. The molecule has 0 aliphatic heterocycles. The lowest BCUT2D eigenvalue weighted by molar-refractivity contribution is 0.344. The minimum Gasteiger partial charge on any atom is -0.311 e. The van der Waals surface area contributed by atoms with Crippen molar-refractivity contribution in [2.45, 2.75) is 50.9 Å². The van der Waals surface area contributed by atoms with Crippen LogP contribution >= 0.6 is 23.2 Å². The van der Waals surface area contributed by atoms with Crippen molar-refractivity contribution in [3.63, 3.8) is 0 Å². The van der Waals surface area contributed by atoms with Crippen LogP contribution in [-0.4, -0.2) is 21.7 Å². The Hall–Kier alpha value is -0.250. The quantitative estimate of drug-likeness (QED) is 0.844. The van der Waals surface area contributed by atoms with Crippen LogP contribution in [0.3, 0.4) is 0 Å². The molecule has 0 spiro atoms. The molecule has 1 aromatic heterocycles. The minimum absolute atomic E-state index is 0.398. The number of hydrogen-bond acceptors (Lipinski definition) is 2. The summed E-state index contributed by atoms with van der Waals surface area (Å²) in [6, 6.07) is 0. The number of rotatable bonds is 5. The van der Waals surface area contributed by atoms with E-state index in [2.05, 4.69) is 17.3 Å². The number of alkyl halides is 1. The first-order valence-electron chi connectivity index (χ1n) is 7.16. The van der Waals surface area contributed by atoms with Gasteiger partial charge in [0.1, 0.15) is 0 Å². The molecule has 1 aromatic rings. The summed E-state index contributed by atoms with van der Waals surface area (Å²) < 4.78 is 1.89. The summed E-state index contributed by atoms with van der Waals surface area (Å²) in [6.07, 6.45) is 5.66. The van der Waals surface area contributed by atoms with Crippen LogP contribution in [0, 0.1) is 5.92 Å². The van der Waals surface area contributed by atoms with E-state index in [0.29, 0.717) is 5.38 Å². The van der Waals surface area contributed by atoms with Gasteiger partial charge in [0.25, 0.3) is 0 Å². The molecule has 0 unspecified atom stereocenters. The topological polar surface area (TPSA) is 29.9 Å². The van der Waals surface area contributed by atoms with Gasteiger partial charge >= 0.3 is 0 Å². The van der Waals surface area contributed by atoms with Crippen LogP contribution in [0.15, 0.2) is 0 Å². The van der Waals surface area contributed by atoms with Crippen molar-refractivity contribution in [2.24, 2.45) is 13.0 Å². The summed E-state index contributed by atoms with van der Waals surface area (Å²) in [5.41, 5.74) is 2.08. The van der Waals surface area contributed by atoms with E-state index in [4.69, 9.17) is 23.2 Å². The third-order valence-electron chi connectivity index (χ3n) is 4.00. The Morgan fingerprint density at radius 3 is 2.58 bits per heavy atom. The first-order chi connectivity index (χ1) is 9.11. The molecule has 1 aliphatic carbocycles. The Bertz CT molecular complexity index is 409. The number of hydrogen-bond donors (Lipinski definition) is 1. The number of halogens is 2. The van der Waals surface area contributed by atoms with Crippen molar-refractivity contribution in [1.29, 1.82) is 0 Å². The van der Waals surface area contributed by atoms with Crippen LogP contribution in [-0.2, 0) is 20.0 Å². The molecule has 0 aromatic carbocycles. The van der Waals surface area contributed by atoms with E-state index < -0.39 is 0 Å². The van der Waals surface area contributed by atoms with E-state index in [1.54, 1.807) is 0 Å². The van der Waals surface area contributed by atoms with Crippen LogP contribution < -0.4 is 5.32 Å². The van der Waals surface area contributed by atoms with Gasteiger partial charge in [0.05, 0.1) is 16.4 Å². The lowest BCUT2D eigenvalue weighted by Crippen LogP contribution is -2.27. The van der Waals surface area contributed by atoms with Crippen molar-refractivity contribution >= 4 is 23.2 Å². The van der Waals surface area contributed by atoms with Gasteiger partial charge in [-0.05, 0) is 44.6 Å². The number of aromatic nitrogens is 2. The average molecular weight is 304 g/mol. The maximum Gasteiger partial charge on any atom is 0.0863 e. The molecule has 1 aliphatic rings. The predicted molar refractivity (Wildman–Crippen MR) is 80.9 cm³/mol. The highest BCUT2D eigenvalue weighted by Gasteiger charge is 2.19. The molecule has 0 atom stereocenters. The fourth-order valence-electron chi connectivity index (χ4n) is 2.73. The van der Waals surface area contributed by atoms with E-state index in [1.165, 1.54) is 12.8 Å². The highest BCUT2D eigenvalue weighted by molar-refractivity contribution is 6.31. The average Bonchev–Trinajstić information content (AvgIpc) is 2.68. The summed E-state index contributed by atoms with van der Waals surface area (Å²) in [5.74, 6) is 0.757. The normalized spacial score (nSPS) is 23.8. The Balaban J connectivity index is 1.81. The summed E-state index contributed by atoms with van der Waals surface area (Å²) in [4.78, 5) is 0. The first kappa shape index (κ1) is 15.1. The van der Waals surface area contributed by atoms with Crippen LogP contribution in [0.2, 0.25) is 5.02 Å². The summed E-state index contributed by atoms with van der Waals surface area (Å²) >= 11 is 12.5. The van der Waals surface area contributed by atoms with Gasteiger partial charge in [-0.25, -0.2) is 0 Å². The molecule has 5 heteroatoms. The van der Waals surface area contributed by atoms with Gasteiger partial charge in [-0.3, -0.25) is 4.68 Å². The molecule has 0 radical (unpaired) electrons. The molecule has 1 saturated carbocycles. The molecule has 1 heterocycles. The van der Waals surface area contributed by atoms with Crippen molar-refractivity contribution in [3.05, 3.63) is 16.4 Å². The van der Waals surface area contributed by atoms with Gasteiger partial charge in [0.2, 0.25) is 0 Å². The van der Waals surface area contributed by atoms with Gasteiger partial charge in [0, 0.05) is 19.0 Å². The molecule has 108 valence electrons. The van der Waals surface area contributed by atoms with Gasteiger partial charge in [-0.2, -0.15) is 5.10 Å². The van der Waals surface area contributed by atoms with Crippen molar-refractivity contribution in [2.75, 3.05) is 6.54 Å². The molecule has 0 amide bonds. The zero-order chi connectivity index (χ0) is 13.8. The van der Waals surface area contributed by atoms with Crippen molar-refractivity contribution in [3.8, 4) is 0 Å². The second kappa shape index (κ2) is 6.96. The van der Waals surface area contributed by atoms with E-state index in [-0.39, 0.29) is 0 Å². The fraction of sp³-hybridized carbons (Fsp3) is 0.786. The lowest BCUT2D eigenvalue weighted by atomic mass is 9.89. The summed E-state index contributed by atoms with van der Waals surface area (Å²) in [7, 11) is 1.96. The van der Waals surface area contributed by atoms with Crippen LogP contribution in [0.4, 0.5) is 0 Å². The Labute approximate surface area is 125 Å². The molecule has 2 rings (SSSR count). The number of nitrogens with zero attached hydrogens (tertiary/aromatic N) is 2. The SMILES string of the molecule is CCc1nn(C)c(CNCC2CCC(Cl)CC2)c1Cl. The number of nitrogens with one attached hydrogen (secondary N) is 1. The van der Waals surface area contributed by atoms with Crippen LogP contribution in [0.5, 0.6) is 0 Å². The highest BCUT2D eigenvalue weighted by Crippen LogP contribution is 2.27. The predicted octanol–water partition coefficient (Wildman–Crippen LogP) is 3.52. The van der Waals surface area contributed by atoms with Crippen LogP contribution in [0.25, 0.3) is 0 Å². The second-order valence-electron chi connectivity index (χ2n) is 5.43. The van der Waals surface area contributed by atoms with E-state index in [1.807, 2.05) is 11.7 Å². The summed E-state index contributed by atoms with van der Waals surface area (Å²) in [6.45, 7) is 3.92. The molecular weight excluding hydrogens is 281 g/mol. The minimum atomic E-state index is 0.398. The molecule has 1 N–H and O–H groups in total. The zero-order valence-corrected chi connectivity index (χ0v) is 13.3. The fourth-order valence-corrected chi connectivity index (χ4v) is 3.34. The monoisotopic (exact) mass is 303 g/mol. The smallest absolute Gasteiger partial charge is 0.0863 e. The third kappa shape index (κ3) is 3.87. The Kier molecular flexibility index (Phi) is 5.55.